The van der Waals surface area contributed by atoms with Gasteiger partial charge in [-0.1, -0.05) is 26.0 Å². The topological polar surface area (TPSA) is 46.5 Å². The molecular formula is C13H16O3. The van der Waals surface area contributed by atoms with Gasteiger partial charge in [-0.2, -0.15) is 0 Å². The van der Waals surface area contributed by atoms with Crippen LogP contribution in [0.15, 0.2) is 24.3 Å². The summed E-state index contributed by atoms with van der Waals surface area (Å²) >= 11 is 0. The number of aliphatic carboxylic acids is 1. The fraction of sp³-hybridized carbons (Fsp3) is 0.462. The molecule has 1 aromatic carbocycles. The number of benzene rings is 1. The zero-order valence-electron chi connectivity index (χ0n) is 9.73. The highest BCUT2D eigenvalue weighted by molar-refractivity contribution is 5.77. The first-order valence-electron chi connectivity index (χ1n) is 5.35. The Bertz CT molecular complexity index is 423. The van der Waals surface area contributed by atoms with Crippen LogP contribution in [0.25, 0.3) is 0 Å². The smallest absolute Gasteiger partial charge is 0.307 e. The lowest BCUT2D eigenvalue weighted by molar-refractivity contribution is -0.139. The van der Waals surface area contributed by atoms with Crippen LogP contribution in [-0.4, -0.2) is 18.2 Å². The maximum absolute atomic E-state index is 11.1. The van der Waals surface area contributed by atoms with E-state index in [4.69, 9.17) is 9.84 Å². The molecule has 16 heavy (non-hydrogen) atoms. The maximum atomic E-state index is 11.1. The number of carbonyl (C=O) groups is 1. The van der Waals surface area contributed by atoms with Gasteiger partial charge in [-0.25, -0.2) is 0 Å². The normalized spacial score (nSPS) is 26.2. The Balaban J connectivity index is 2.29. The summed E-state index contributed by atoms with van der Waals surface area (Å²) in [6.45, 7) is 3.99. The lowest BCUT2D eigenvalue weighted by Crippen LogP contribution is -2.03. The van der Waals surface area contributed by atoms with Crippen LogP contribution in [0.4, 0.5) is 0 Å². The van der Waals surface area contributed by atoms with Crippen LogP contribution in [0, 0.1) is 11.3 Å². The minimum atomic E-state index is -0.710. The number of hydrogen-bond acceptors (Lipinski definition) is 2. The number of hydrogen-bond donors (Lipinski definition) is 1. The highest BCUT2D eigenvalue weighted by atomic mass is 16.5. The molecule has 2 rings (SSSR count). The fourth-order valence-corrected chi connectivity index (χ4v) is 2.56. The van der Waals surface area contributed by atoms with Gasteiger partial charge in [-0.3, -0.25) is 4.79 Å². The van der Waals surface area contributed by atoms with Crippen molar-refractivity contribution in [2.24, 2.45) is 11.3 Å². The highest BCUT2D eigenvalue weighted by Gasteiger charge is 2.62. The first-order chi connectivity index (χ1) is 7.48. The minimum absolute atomic E-state index is 0.0973. The first kappa shape index (κ1) is 11.0. The third kappa shape index (κ3) is 1.56. The summed E-state index contributed by atoms with van der Waals surface area (Å²) in [6, 6.07) is 7.67. The zero-order chi connectivity index (χ0) is 11.9. The molecule has 1 saturated carbocycles. The summed E-state index contributed by atoms with van der Waals surface area (Å²) in [6.07, 6.45) is 0. The van der Waals surface area contributed by atoms with Crippen molar-refractivity contribution in [3.63, 3.8) is 0 Å². The molecule has 0 amide bonds. The van der Waals surface area contributed by atoms with Gasteiger partial charge in [0.15, 0.2) is 0 Å². The van der Waals surface area contributed by atoms with E-state index < -0.39 is 5.97 Å². The predicted molar refractivity (Wildman–Crippen MR) is 60.6 cm³/mol. The van der Waals surface area contributed by atoms with E-state index >= 15 is 0 Å². The maximum Gasteiger partial charge on any atom is 0.307 e. The second-order valence-electron chi connectivity index (χ2n) is 4.89. The second kappa shape index (κ2) is 3.51. The molecule has 1 aromatic rings. The van der Waals surface area contributed by atoms with E-state index in [1.54, 1.807) is 7.11 Å². The number of carboxylic acid groups (broad SMARTS) is 1. The Hall–Kier alpha value is -1.51. The van der Waals surface area contributed by atoms with Crippen LogP contribution in [0.2, 0.25) is 0 Å². The van der Waals surface area contributed by atoms with Gasteiger partial charge in [0.05, 0.1) is 13.0 Å². The molecule has 3 nitrogen and oxygen atoms in total. The van der Waals surface area contributed by atoms with Gasteiger partial charge < -0.3 is 9.84 Å². The van der Waals surface area contributed by atoms with Crippen molar-refractivity contribution < 1.29 is 14.6 Å². The van der Waals surface area contributed by atoms with Crippen LogP contribution < -0.4 is 4.74 Å². The van der Waals surface area contributed by atoms with Crippen LogP contribution in [-0.2, 0) is 4.79 Å². The number of ether oxygens (including phenoxy) is 1. The van der Waals surface area contributed by atoms with Gasteiger partial charge in [0.25, 0.3) is 0 Å². The molecule has 0 aromatic heterocycles. The van der Waals surface area contributed by atoms with E-state index in [9.17, 15) is 4.79 Å². The summed E-state index contributed by atoms with van der Waals surface area (Å²) in [5, 5.41) is 9.12. The molecule has 1 N–H and O–H groups in total. The van der Waals surface area contributed by atoms with Crippen LogP contribution >= 0.6 is 0 Å². The number of carboxylic acids is 1. The quantitative estimate of drug-likeness (QED) is 0.851. The average Bonchev–Trinajstić information content (AvgIpc) is 2.82. The van der Waals surface area contributed by atoms with Crippen molar-refractivity contribution in [2.75, 3.05) is 7.11 Å². The molecule has 1 aliphatic rings. The molecule has 86 valence electrons. The molecule has 0 saturated heterocycles. The lowest BCUT2D eigenvalue weighted by atomic mass is 10.0. The summed E-state index contributed by atoms with van der Waals surface area (Å²) < 4.78 is 5.15. The van der Waals surface area contributed by atoms with Crippen molar-refractivity contribution in [3.05, 3.63) is 29.8 Å². The van der Waals surface area contributed by atoms with Crippen LogP contribution in [0.1, 0.15) is 25.3 Å². The molecule has 0 aliphatic heterocycles. The van der Waals surface area contributed by atoms with Crippen LogP contribution in [0.3, 0.4) is 0 Å². The van der Waals surface area contributed by atoms with E-state index in [-0.39, 0.29) is 17.3 Å². The van der Waals surface area contributed by atoms with Crippen molar-refractivity contribution >= 4 is 5.97 Å². The summed E-state index contributed by atoms with van der Waals surface area (Å²) in [5.74, 6) is -0.109. The number of rotatable bonds is 3. The SMILES string of the molecule is COc1cccc(C2C(C(=O)O)C2(C)C)c1. The van der Waals surface area contributed by atoms with E-state index in [2.05, 4.69) is 0 Å². The zero-order valence-corrected chi connectivity index (χ0v) is 9.73. The molecule has 1 aliphatic carbocycles. The van der Waals surface area contributed by atoms with Gasteiger partial charge in [0.2, 0.25) is 0 Å². The van der Waals surface area contributed by atoms with Crippen LogP contribution in [0.5, 0.6) is 5.75 Å². The van der Waals surface area contributed by atoms with Crippen molar-refractivity contribution in [1.29, 1.82) is 0 Å². The Morgan fingerprint density at radius 2 is 2.12 bits per heavy atom. The Kier molecular flexibility index (Phi) is 2.41. The van der Waals surface area contributed by atoms with Gasteiger partial charge in [0, 0.05) is 5.92 Å². The third-order valence-electron chi connectivity index (χ3n) is 3.55. The third-order valence-corrected chi connectivity index (χ3v) is 3.55. The van der Waals surface area contributed by atoms with Gasteiger partial charge in [-0.05, 0) is 23.1 Å². The van der Waals surface area contributed by atoms with E-state index in [0.29, 0.717) is 0 Å². The van der Waals surface area contributed by atoms with E-state index in [1.807, 2.05) is 38.1 Å². The molecule has 0 heterocycles. The predicted octanol–water partition coefficient (Wildman–Crippen LogP) is 2.52. The van der Waals surface area contributed by atoms with Crippen molar-refractivity contribution in [3.8, 4) is 5.75 Å². The molecule has 0 bridgehead atoms. The van der Waals surface area contributed by atoms with E-state index in [1.165, 1.54) is 0 Å². The Morgan fingerprint density at radius 1 is 1.44 bits per heavy atom. The molecular weight excluding hydrogens is 204 g/mol. The first-order valence-corrected chi connectivity index (χ1v) is 5.35. The Morgan fingerprint density at radius 3 is 2.62 bits per heavy atom. The standard InChI is InChI=1S/C13H16O3/c1-13(2)10(11(13)12(14)15)8-5-4-6-9(7-8)16-3/h4-7,10-11H,1-3H3,(H,14,15). The van der Waals surface area contributed by atoms with Gasteiger partial charge in [0.1, 0.15) is 5.75 Å². The second-order valence-corrected chi connectivity index (χ2v) is 4.89. The van der Waals surface area contributed by atoms with E-state index in [0.717, 1.165) is 11.3 Å². The van der Waals surface area contributed by atoms with Crippen molar-refractivity contribution in [1.82, 2.24) is 0 Å². The summed E-state index contributed by atoms with van der Waals surface area (Å²) in [4.78, 5) is 11.1. The minimum Gasteiger partial charge on any atom is -0.497 e. The Labute approximate surface area is 95.0 Å². The average molecular weight is 220 g/mol. The van der Waals surface area contributed by atoms with Gasteiger partial charge >= 0.3 is 5.97 Å². The molecule has 3 heteroatoms. The van der Waals surface area contributed by atoms with Gasteiger partial charge in [-0.15, -0.1) is 0 Å². The molecule has 1 fully saturated rings. The molecule has 2 atom stereocenters. The highest BCUT2D eigenvalue weighted by Crippen LogP contribution is 2.64. The van der Waals surface area contributed by atoms with Crippen molar-refractivity contribution in [2.45, 2.75) is 19.8 Å². The lowest BCUT2D eigenvalue weighted by Gasteiger charge is -2.05. The monoisotopic (exact) mass is 220 g/mol. The molecule has 0 radical (unpaired) electrons. The molecule has 0 spiro atoms. The number of methoxy groups -OCH3 is 1. The fourth-order valence-electron chi connectivity index (χ4n) is 2.56. The summed E-state index contributed by atoms with van der Waals surface area (Å²) in [5.41, 5.74) is 0.898. The molecule has 2 unspecified atom stereocenters. The largest absolute Gasteiger partial charge is 0.497 e. The summed E-state index contributed by atoms with van der Waals surface area (Å²) in [7, 11) is 1.62.